The Morgan fingerprint density at radius 3 is 2.57 bits per heavy atom. The Morgan fingerprint density at radius 2 is 2.07 bits per heavy atom. The first-order chi connectivity index (χ1) is 6.77. The molecule has 3 heteroatoms. The standard InChI is InChI=1S/C11H12FNO/c1-2-3-4-11(13-14)9-5-7-10(12)8-6-9/h2,5-8,14H,1,3-4H2/b13-11-. The smallest absolute Gasteiger partial charge is 0.123 e. The summed E-state index contributed by atoms with van der Waals surface area (Å²) < 4.78 is 12.6. The zero-order chi connectivity index (χ0) is 10.4. The Hall–Kier alpha value is -1.64. The summed E-state index contributed by atoms with van der Waals surface area (Å²) in [6.07, 6.45) is 3.08. The van der Waals surface area contributed by atoms with Crippen LogP contribution < -0.4 is 0 Å². The van der Waals surface area contributed by atoms with Crippen molar-refractivity contribution in [2.45, 2.75) is 12.8 Å². The third kappa shape index (κ3) is 2.69. The minimum atomic E-state index is -0.297. The summed E-state index contributed by atoms with van der Waals surface area (Å²) >= 11 is 0. The van der Waals surface area contributed by atoms with Crippen LogP contribution in [0.3, 0.4) is 0 Å². The fourth-order valence-corrected chi connectivity index (χ4v) is 1.13. The van der Waals surface area contributed by atoms with Crippen LogP contribution in [0.1, 0.15) is 18.4 Å². The lowest BCUT2D eigenvalue weighted by molar-refractivity contribution is 0.318. The lowest BCUT2D eigenvalue weighted by Crippen LogP contribution is -2.00. The highest BCUT2D eigenvalue weighted by Gasteiger charge is 2.02. The van der Waals surface area contributed by atoms with Gasteiger partial charge in [-0.1, -0.05) is 23.4 Å². The van der Waals surface area contributed by atoms with Gasteiger partial charge in [-0.15, -0.1) is 6.58 Å². The van der Waals surface area contributed by atoms with Crippen molar-refractivity contribution in [3.63, 3.8) is 0 Å². The Kier molecular flexibility index (Phi) is 3.85. The lowest BCUT2D eigenvalue weighted by atomic mass is 10.1. The van der Waals surface area contributed by atoms with E-state index in [1.54, 1.807) is 18.2 Å². The van der Waals surface area contributed by atoms with Crippen LogP contribution in [0.25, 0.3) is 0 Å². The van der Waals surface area contributed by atoms with Gasteiger partial charge in [0.05, 0.1) is 5.71 Å². The molecule has 0 saturated heterocycles. The normalized spacial score (nSPS) is 11.4. The van der Waals surface area contributed by atoms with Crippen molar-refractivity contribution in [1.82, 2.24) is 0 Å². The van der Waals surface area contributed by atoms with Crippen LogP contribution in [0.5, 0.6) is 0 Å². The van der Waals surface area contributed by atoms with Gasteiger partial charge in [-0.2, -0.15) is 0 Å². The van der Waals surface area contributed by atoms with Crippen LogP contribution in [0.15, 0.2) is 42.1 Å². The Balaban J connectivity index is 2.79. The van der Waals surface area contributed by atoms with Crippen LogP contribution in [0.2, 0.25) is 0 Å². The number of hydrogen-bond donors (Lipinski definition) is 1. The molecule has 1 N–H and O–H groups in total. The minimum Gasteiger partial charge on any atom is -0.411 e. The van der Waals surface area contributed by atoms with Crippen molar-refractivity contribution in [1.29, 1.82) is 0 Å². The van der Waals surface area contributed by atoms with Gasteiger partial charge in [0.15, 0.2) is 0 Å². The number of nitrogens with zero attached hydrogens (tertiary/aromatic N) is 1. The molecule has 0 aromatic heterocycles. The molecule has 1 rings (SSSR count). The quantitative estimate of drug-likeness (QED) is 0.339. The van der Waals surface area contributed by atoms with Crippen molar-refractivity contribution >= 4 is 5.71 Å². The van der Waals surface area contributed by atoms with Gasteiger partial charge in [-0.05, 0) is 30.5 Å². The summed E-state index contributed by atoms with van der Waals surface area (Å²) in [4.78, 5) is 0. The molecular weight excluding hydrogens is 181 g/mol. The molecule has 0 bridgehead atoms. The number of oxime groups is 1. The molecule has 14 heavy (non-hydrogen) atoms. The molecule has 0 aliphatic heterocycles. The van der Waals surface area contributed by atoms with E-state index in [4.69, 9.17) is 5.21 Å². The average Bonchev–Trinajstić information content (AvgIpc) is 2.21. The van der Waals surface area contributed by atoms with Crippen molar-refractivity contribution < 1.29 is 9.60 Å². The molecule has 2 nitrogen and oxygen atoms in total. The molecule has 74 valence electrons. The molecule has 0 heterocycles. The van der Waals surface area contributed by atoms with Gasteiger partial charge >= 0.3 is 0 Å². The predicted molar refractivity (Wildman–Crippen MR) is 54.2 cm³/mol. The average molecular weight is 193 g/mol. The first-order valence-electron chi connectivity index (χ1n) is 4.35. The number of allylic oxidation sites excluding steroid dienone is 1. The van der Waals surface area contributed by atoms with E-state index in [1.807, 2.05) is 0 Å². The Labute approximate surface area is 82.4 Å². The molecule has 1 aromatic rings. The summed E-state index contributed by atoms with van der Waals surface area (Å²) in [6, 6.07) is 5.86. The second-order valence-electron chi connectivity index (χ2n) is 2.88. The Morgan fingerprint density at radius 1 is 1.43 bits per heavy atom. The molecule has 0 atom stereocenters. The van der Waals surface area contributed by atoms with Gasteiger partial charge in [-0.3, -0.25) is 0 Å². The highest BCUT2D eigenvalue weighted by Crippen LogP contribution is 2.08. The van der Waals surface area contributed by atoms with Gasteiger partial charge in [-0.25, -0.2) is 4.39 Å². The molecule has 0 aliphatic carbocycles. The summed E-state index contributed by atoms with van der Waals surface area (Å²) in [6.45, 7) is 3.58. The van der Waals surface area contributed by atoms with Crippen LogP contribution >= 0.6 is 0 Å². The van der Waals surface area contributed by atoms with E-state index >= 15 is 0 Å². The van der Waals surface area contributed by atoms with E-state index in [2.05, 4.69) is 11.7 Å². The monoisotopic (exact) mass is 193 g/mol. The van der Waals surface area contributed by atoms with E-state index in [-0.39, 0.29) is 5.82 Å². The van der Waals surface area contributed by atoms with Crippen molar-refractivity contribution in [3.05, 3.63) is 48.3 Å². The second-order valence-corrected chi connectivity index (χ2v) is 2.88. The zero-order valence-corrected chi connectivity index (χ0v) is 7.78. The van der Waals surface area contributed by atoms with Crippen LogP contribution in [0, 0.1) is 5.82 Å². The molecule has 0 fully saturated rings. The first-order valence-corrected chi connectivity index (χ1v) is 4.35. The van der Waals surface area contributed by atoms with E-state index < -0.39 is 0 Å². The fraction of sp³-hybridized carbons (Fsp3) is 0.182. The Bertz CT molecular complexity index is 330. The van der Waals surface area contributed by atoms with Crippen molar-refractivity contribution in [2.75, 3.05) is 0 Å². The van der Waals surface area contributed by atoms with Gasteiger partial charge in [0, 0.05) is 0 Å². The molecular formula is C11H12FNO. The highest BCUT2D eigenvalue weighted by atomic mass is 19.1. The first kappa shape index (κ1) is 10.4. The third-order valence-electron chi connectivity index (χ3n) is 1.88. The topological polar surface area (TPSA) is 32.6 Å². The number of hydrogen-bond acceptors (Lipinski definition) is 2. The molecule has 0 amide bonds. The maximum absolute atomic E-state index is 12.6. The second kappa shape index (κ2) is 5.17. The largest absolute Gasteiger partial charge is 0.411 e. The van der Waals surface area contributed by atoms with Gasteiger partial charge in [0.2, 0.25) is 0 Å². The predicted octanol–water partition coefficient (Wildman–Crippen LogP) is 2.97. The van der Waals surface area contributed by atoms with E-state index in [0.29, 0.717) is 12.1 Å². The van der Waals surface area contributed by atoms with Gasteiger partial charge < -0.3 is 5.21 Å². The molecule has 0 spiro atoms. The molecule has 0 aliphatic rings. The fourth-order valence-electron chi connectivity index (χ4n) is 1.13. The van der Waals surface area contributed by atoms with E-state index in [1.165, 1.54) is 12.1 Å². The summed E-state index contributed by atoms with van der Waals surface area (Å²) in [7, 11) is 0. The summed E-state index contributed by atoms with van der Waals surface area (Å²) in [5, 5.41) is 11.9. The lowest BCUT2D eigenvalue weighted by Gasteiger charge is -2.02. The maximum atomic E-state index is 12.6. The highest BCUT2D eigenvalue weighted by molar-refractivity contribution is 6.00. The summed E-state index contributed by atoms with van der Waals surface area (Å²) in [5.41, 5.74) is 1.28. The molecule has 1 aromatic carbocycles. The van der Waals surface area contributed by atoms with E-state index in [9.17, 15) is 4.39 Å². The van der Waals surface area contributed by atoms with E-state index in [0.717, 1.165) is 12.0 Å². The third-order valence-corrected chi connectivity index (χ3v) is 1.88. The minimum absolute atomic E-state index is 0.297. The van der Waals surface area contributed by atoms with Crippen molar-refractivity contribution in [3.8, 4) is 0 Å². The van der Waals surface area contributed by atoms with Crippen LogP contribution in [-0.2, 0) is 0 Å². The van der Waals surface area contributed by atoms with Gasteiger partial charge in [0.1, 0.15) is 5.82 Å². The number of halogens is 1. The molecule has 0 unspecified atom stereocenters. The maximum Gasteiger partial charge on any atom is 0.123 e. The molecule has 0 radical (unpaired) electrons. The van der Waals surface area contributed by atoms with Crippen LogP contribution in [0.4, 0.5) is 4.39 Å². The van der Waals surface area contributed by atoms with Gasteiger partial charge in [0.25, 0.3) is 0 Å². The summed E-state index contributed by atoms with van der Waals surface area (Å²) in [5.74, 6) is -0.297. The molecule has 0 saturated carbocycles. The van der Waals surface area contributed by atoms with Crippen LogP contribution in [-0.4, -0.2) is 10.9 Å². The van der Waals surface area contributed by atoms with Crippen molar-refractivity contribution in [2.24, 2.45) is 5.16 Å². The SMILES string of the molecule is C=CCC/C(=N/O)c1ccc(F)cc1. The number of rotatable bonds is 4. The zero-order valence-electron chi connectivity index (χ0n) is 7.78. The number of benzene rings is 1.